The van der Waals surface area contributed by atoms with Gasteiger partial charge >= 0.3 is 0 Å². The number of carbonyl (C=O) groups excluding carboxylic acids is 1. The second-order valence-electron chi connectivity index (χ2n) is 3.61. The van der Waals surface area contributed by atoms with Crippen LogP contribution in [0.2, 0.25) is 0 Å². The van der Waals surface area contributed by atoms with Gasteiger partial charge in [-0.05, 0) is 30.4 Å². The van der Waals surface area contributed by atoms with Crippen LogP contribution in [0.1, 0.15) is 40.9 Å². The Kier molecular flexibility index (Phi) is 3.53. The summed E-state index contributed by atoms with van der Waals surface area (Å²) < 4.78 is 4.64. The summed E-state index contributed by atoms with van der Waals surface area (Å²) in [4.78, 5) is 16.7. The highest BCUT2D eigenvalue weighted by Gasteiger charge is 2.17. The molecule has 1 N–H and O–H groups in total. The number of carbonyl (C=O) groups is 1. The minimum absolute atomic E-state index is 0.0887. The van der Waals surface area contributed by atoms with Gasteiger partial charge in [-0.3, -0.25) is 4.79 Å². The Morgan fingerprint density at radius 3 is 3.12 bits per heavy atom. The van der Waals surface area contributed by atoms with Crippen molar-refractivity contribution in [3.63, 3.8) is 0 Å². The molecule has 0 saturated carbocycles. The molecule has 0 saturated heterocycles. The summed E-state index contributed by atoms with van der Waals surface area (Å²) >= 11 is 1.45. The van der Waals surface area contributed by atoms with E-state index in [-0.39, 0.29) is 11.9 Å². The first-order chi connectivity index (χ1) is 8.22. The van der Waals surface area contributed by atoms with Crippen LogP contribution >= 0.6 is 11.3 Å². The number of aromatic nitrogens is 2. The molecule has 0 radical (unpaired) electrons. The van der Waals surface area contributed by atoms with Crippen molar-refractivity contribution in [1.82, 2.24) is 15.5 Å². The molecule has 2 heterocycles. The number of nitrogens with one attached hydrogen (secondary N) is 1. The standard InChI is InChI=1S/C11H13N3O2S/c1-3-8-4-5-17-9(8)11(15)13-7(2)10-12-6-16-14-10/h4-7H,3H2,1-2H3,(H,13,15)/t7-/m1/s1. The van der Waals surface area contributed by atoms with Crippen LogP contribution in [0.4, 0.5) is 0 Å². The summed E-state index contributed by atoms with van der Waals surface area (Å²) in [5.74, 6) is 0.391. The maximum atomic E-state index is 12.0. The van der Waals surface area contributed by atoms with Crippen LogP contribution in [0.5, 0.6) is 0 Å². The number of amides is 1. The van der Waals surface area contributed by atoms with E-state index in [9.17, 15) is 4.79 Å². The lowest BCUT2D eigenvalue weighted by molar-refractivity contribution is 0.0941. The van der Waals surface area contributed by atoms with Crippen LogP contribution in [-0.2, 0) is 6.42 Å². The summed E-state index contributed by atoms with van der Waals surface area (Å²) in [5.41, 5.74) is 1.06. The molecular formula is C11H13N3O2S. The summed E-state index contributed by atoms with van der Waals surface area (Å²) in [6.07, 6.45) is 2.10. The van der Waals surface area contributed by atoms with Gasteiger partial charge in [0.25, 0.3) is 5.91 Å². The second-order valence-corrected chi connectivity index (χ2v) is 4.53. The van der Waals surface area contributed by atoms with Crippen LogP contribution < -0.4 is 5.32 Å². The van der Waals surface area contributed by atoms with Gasteiger partial charge in [0.15, 0.2) is 5.82 Å². The van der Waals surface area contributed by atoms with Crippen molar-refractivity contribution in [2.45, 2.75) is 26.3 Å². The fourth-order valence-corrected chi connectivity index (χ4v) is 2.41. The van der Waals surface area contributed by atoms with E-state index in [4.69, 9.17) is 0 Å². The second kappa shape index (κ2) is 5.09. The molecule has 0 aliphatic rings. The number of thiophene rings is 1. The number of hydrogen-bond acceptors (Lipinski definition) is 5. The predicted molar refractivity (Wildman–Crippen MR) is 63.9 cm³/mol. The molecular weight excluding hydrogens is 238 g/mol. The molecule has 0 aliphatic carbocycles. The molecule has 90 valence electrons. The third-order valence-electron chi connectivity index (χ3n) is 2.45. The smallest absolute Gasteiger partial charge is 0.262 e. The minimum atomic E-state index is -0.256. The fourth-order valence-electron chi connectivity index (χ4n) is 1.51. The Bertz CT molecular complexity index is 493. The van der Waals surface area contributed by atoms with E-state index in [1.54, 1.807) is 0 Å². The SMILES string of the molecule is CCc1ccsc1C(=O)N[C@H](C)c1ncon1. The molecule has 0 fully saturated rings. The van der Waals surface area contributed by atoms with Crippen molar-refractivity contribution in [3.05, 3.63) is 34.1 Å². The van der Waals surface area contributed by atoms with Crippen LogP contribution in [0, 0.1) is 0 Å². The van der Waals surface area contributed by atoms with E-state index in [1.165, 1.54) is 17.7 Å². The van der Waals surface area contributed by atoms with Gasteiger partial charge in [-0.25, -0.2) is 0 Å². The Labute approximate surface area is 103 Å². The average Bonchev–Trinajstić information content (AvgIpc) is 2.99. The first kappa shape index (κ1) is 11.8. The Balaban J connectivity index is 2.07. The highest BCUT2D eigenvalue weighted by Crippen LogP contribution is 2.18. The van der Waals surface area contributed by atoms with Gasteiger partial charge in [0.1, 0.15) is 0 Å². The highest BCUT2D eigenvalue weighted by molar-refractivity contribution is 7.12. The summed E-state index contributed by atoms with van der Waals surface area (Å²) in [6.45, 7) is 3.85. The van der Waals surface area contributed by atoms with Gasteiger partial charge in [-0.1, -0.05) is 12.1 Å². The molecule has 0 unspecified atom stereocenters. The summed E-state index contributed by atoms with van der Waals surface area (Å²) in [5, 5.41) is 8.46. The first-order valence-electron chi connectivity index (χ1n) is 5.36. The molecule has 2 rings (SSSR count). The molecule has 0 aliphatic heterocycles. The van der Waals surface area contributed by atoms with E-state index in [1.807, 2.05) is 25.3 Å². The van der Waals surface area contributed by atoms with E-state index < -0.39 is 0 Å². The normalized spacial score (nSPS) is 12.4. The molecule has 2 aromatic rings. The molecule has 6 heteroatoms. The molecule has 5 nitrogen and oxygen atoms in total. The van der Waals surface area contributed by atoms with E-state index >= 15 is 0 Å². The number of rotatable bonds is 4. The van der Waals surface area contributed by atoms with Crippen LogP contribution in [-0.4, -0.2) is 16.0 Å². The molecule has 1 atom stereocenters. The van der Waals surface area contributed by atoms with Gasteiger partial charge in [-0.15, -0.1) is 11.3 Å². The van der Waals surface area contributed by atoms with Gasteiger partial charge in [0.2, 0.25) is 6.39 Å². The van der Waals surface area contributed by atoms with Gasteiger partial charge < -0.3 is 9.84 Å². The summed E-state index contributed by atoms with van der Waals surface area (Å²) in [7, 11) is 0. The molecule has 17 heavy (non-hydrogen) atoms. The van der Waals surface area contributed by atoms with Gasteiger partial charge in [-0.2, -0.15) is 4.98 Å². The number of aryl methyl sites for hydroxylation is 1. The lowest BCUT2D eigenvalue weighted by Gasteiger charge is -2.09. The zero-order chi connectivity index (χ0) is 12.3. The zero-order valence-electron chi connectivity index (χ0n) is 9.64. The number of hydrogen-bond donors (Lipinski definition) is 1. The maximum absolute atomic E-state index is 12.0. The van der Waals surface area contributed by atoms with E-state index in [2.05, 4.69) is 20.0 Å². The Hall–Kier alpha value is -1.69. The lowest BCUT2D eigenvalue weighted by atomic mass is 10.2. The maximum Gasteiger partial charge on any atom is 0.262 e. The molecule has 0 aromatic carbocycles. The van der Waals surface area contributed by atoms with Gasteiger partial charge in [0.05, 0.1) is 10.9 Å². The van der Waals surface area contributed by atoms with Crippen LogP contribution in [0.25, 0.3) is 0 Å². The van der Waals surface area contributed by atoms with Crippen molar-refractivity contribution < 1.29 is 9.32 Å². The van der Waals surface area contributed by atoms with Crippen molar-refractivity contribution in [2.75, 3.05) is 0 Å². The molecule has 0 bridgehead atoms. The average molecular weight is 251 g/mol. The van der Waals surface area contributed by atoms with E-state index in [0.29, 0.717) is 5.82 Å². The van der Waals surface area contributed by atoms with Crippen LogP contribution in [0.3, 0.4) is 0 Å². The molecule has 2 aromatic heterocycles. The van der Waals surface area contributed by atoms with Crippen molar-refractivity contribution in [2.24, 2.45) is 0 Å². The highest BCUT2D eigenvalue weighted by atomic mass is 32.1. The van der Waals surface area contributed by atoms with Gasteiger partial charge in [0, 0.05) is 0 Å². The zero-order valence-corrected chi connectivity index (χ0v) is 10.5. The largest absolute Gasteiger partial charge is 0.343 e. The van der Waals surface area contributed by atoms with Crippen molar-refractivity contribution in [1.29, 1.82) is 0 Å². The fraction of sp³-hybridized carbons (Fsp3) is 0.364. The molecule has 1 amide bonds. The van der Waals surface area contributed by atoms with E-state index in [0.717, 1.165) is 16.9 Å². The quantitative estimate of drug-likeness (QED) is 0.904. The minimum Gasteiger partial charge on any atom is -0.343 e. The topological polar surface area (TPSA) is 68.0 Å². The summed E-state index contributed by atoms with van der Waals surface area (Å²) in [6, 6.07) is 1.71. The first-order valence-corrected chi connectivity index (χ1v) is 6.23. The Morgan fingerprint density at radius 1 is 1.65 bits per heavy atom. The third-order valence-corrected chi connectivity index (χ3v) is 3.40. The number of nitrogens with zero attached hydrogens (tertiary/aromatic N) is 2. The third kappa shape index (κ3) is 2.52. The predicted octanol–water partition coefficient (Wildman–Crippen LogP) is 2.18. The van der Waals surface area contributed by atoms with Crippen molar-refractivity contribution in [3.8, 4) is 0 Å². The lowest BCUT2D eigenvalue weighted by Crippen LogP contribution is -2.27. The van der Waals surface area contributed by atoms with Crippen LogP contribution in [0.15, 0.2) is 22.4 Å². The Morgan fingerprint density at radius 2 is 2.47 bits per heavy atom. The van der Waals surface area contributed by atoms with Crippen molar-refractivity contribution >= 4 is 17.2 Å². The monoisotopic (exact) mass is 251 g/mol. The molecule has 0 spiro atoms.